The number of rotatable bonds is 1. The fraction of sp³-hybridized carbons (Fsp3) is 0.556. The van der Waals surface area contributed by atoms with E-state index in [-0.39, 0.29) is 5.69 Å². The molecule has 2 amide bonds. The average Bonchev–Trinajstić information content (AvgIpc) is 2.47. The first kappa shape index (κ1) is 12.2. The van der Waals surface area contributed by atoms with E-state index in [0.29, 0.717) is 5.69 Å². The number of hydrogen-bond acceptors (Lipinski definition) is 6. The molecule has 16 heavy (non-hydrogen) atoms. The molecule has 7 nitrogen and oxygen atoms in total. The van der Waals surface area contributed by atoms with Crippen LogP contribution < -0.4 is 5.32 Å². The summed E-state index contributed by atoms with van der Waals surface area (Å²) in [4.78, 5) is 22.7. The number of carbonyl (C=O) groups is 2. The number of ether oxygens (including phenoxy) is 1. The molecule has 0 saturated heterocycles. The van der Waals surface area contributed by atoms with Gasteiger partial charge in [-0.1, -0.05) is 5.16 Å². The molecule has 0 bridgehead atoms. The van der Waals surface area contributed by atoms with E-state index in [9.17, 15) is 9.59 Å². The summed E-state index contributed by atoms with van der Waals surface area (Å²) in [6.07, 6.45) is -0.833. The van der Waals surface area contributed by atoms with Crippen LogP contribution >= 0.6 is 0 Å². The van der Waals surface area contributed by atoms with Gasteiger partial charge in [-0.3, -0.25) is 10.1 Å². The first-order chi connectivity index (χ1) is 7.29. The highest BCUT2D eigenvalue weighted by Gasteiger charge is 2.21. The van der Waals surface area contributed by atoms with Crippen molar-refractivity contribution < 1.29 is 19.0 Å². The first-order valence-electron chi connectivity index (χ1n) is 4.63. The Balaban J connectivity index is 2.60. The molecule has 88 valence electrons. The molecule has 0 atom stereocenters. The Morgan fingerprint density at radius 2 is 1.94 bits per heavy atom. The predicted molar refractivity (Wildman–Crippen MR) is 52.7 cm³/mol. The van der Waals surface area contributed by atoms with Crippen LogP contribution in [0.5, 0.6) is 0 Å². The fourth-order valence-electron chi connectivity index (χ4n) is 0.893. The average molecular weight is 227 g/mol. The molecule has 0 aromatic carbocycles. The van der Waals surface area contributed by atoms with Crippen LogP contribution in [-0.2, 0) is 4.74 Å². The molecule has 1 aromatic heterocycles. The maximum atomic E-state index is 11.4. The maximum absolute atomic E-state index is 11.4. The van der Waals surface area contributed by atoms with Crippen LogP contribution in [0.4, 0.5) is 4.79 Å². The van der Waals surface area contributed by atoms with Gasteiger partial charge in [0, 0.05) is 0 Å². The van der Waals surface area contributed by atoms with Gasteiger partial charge in [-0.25, -0.2) is 9.42 Å². The van der Waals surface area contributed by atoms with Crippen LogP contribution in [-0.4, -0.2) is 27.9 Å². The second-order valence-corrected chi connectivity index (χ2v) is 4.15. The molecular weight excluding hydrogens is 214 g/mol. The van der Waals surface area contributed by atoms with Gasteiger partial charge in [0.2, 0.25) is 0 Å². The van der Waals surface area contributed by atoms with Gasteiger partial charge in [0.25, 0.3) is 5.91 Å². The number of imide groups is 1. The van der Waals surface area contributed by atoms with Crippen LogP contribution in [0, 0.1) is 6.92 Å². The van der Waals surface area contributed by atoms with Crippen molar-refractivity contribution in [2.24, 2.45) is 0 Å². The molecule has 1 N–H and O–H groups in total. The number of alkyl carbamates (subject to hydrolysis) is 1. The minimum Gasteiger partial charge on any atom is -0.444 e. The SMILES string of the molecule is Cc1nonc1C(=O)NC(=O)OC(C)(C)C. The molecule has 1 heterocycles. The molecule has 0 fully saturated rings. The summed E-state index contributed by atoms with van der Waals surface area (Å²) in [7, 11) is 0. The molecule has 0 saturated carbocycles. The molecule has 0 unspecified atom stereocenters. The van der Waals surface area contributed by atoms with E-state index < -0.39 is 17.6 Å². The molecule has 1 rings (SSSR count). The number of carbonyl (C=O) groups excluding carboxylic acids is 2. The van der Waals surface area contributed by atoms with Crippen LogP contribution in [0.25, 0.3) is 0 Å². The van der Waals surface area contributed by atoms with Gasteiger partial charge in [0.1, 0.15) is 11.3 Å². The van der Waals surface area contributed by atoms with Crippen LogP contribution in [0.1, 0.15) is 37.0 Å². The van der Waals surface area contributed by atoms with Gasteiger partial charge in [0.05, 0.1) is 0 Å². The van der Waals surface area contributed by atoms with E-state index in [1.54, 1.807) is 27.7 Å². The molecule has 0 radical (unpaired) electrons. The second-order valence-electron chi connectivity index (χ2n) is 4.15. The zero-order valence-electron chi connectivity index (χ0n) is 9.53. The summed E-state index contributed by atoms with van der Waals surface area (Å²) < 4.78 is 9.23. The molecule has 0 aliphatic carbocycles. The highest BCUT2D eigenvalue weighted by Crippen LogP contribution is 2.07. The van der Waals surface area contributed by atoms with Crippen LogP contribution in [0.15, 0.2) is 4.63 Å². The van der Waals surface area contributed by atoms with E-state index in [4.69, 9.17) is 4.74 Å². The van der Waals surface area contributed by atoms with Crippen molar-refractivity contribution in [2.45, 2.75) is 33.3 Å². The Hall–Kier alpha value is -1.92. The Kier molecular flexibility index (Phi) is 3.26. The van der Waals surface area contributed by atoms with Crippen molar-refractivity contribution >= 4 is 12.0 Å². The normalized spacial score (nSPS) is 11.0. The quantitative estimate of drug-likeness (QED) is 0.770. The molecule has 7 heteroatoms. The Morgan fingerprint density at radius 3 is 2.38 bits per heavy atom. The van der Waals surface area contributed by atoms with Gasteiger partial charge in [-0.05, 0) is 32.9 Å². The van der Waals surface area contributed by atoms with Crippen molar-refractivity contribution in [1.29, 1.82) is 0 Å². The number of nitrogens with zero attached hydrogens (tertiary/aromatic N) is 2. The summed E-state index contributed by atoms with van der Waals surface area (Å²) >= 11 is 0. The highest BCUT2D eigenvalue weighted by atomic mass is 16.6. The summed E-state index contributed by atoms with van der Waals surface area (Å²) in [5, 5.41) is 8.80. The van der Waals surface area contributed by atoms with Crippen molar-refractivity contribution in [1.82, 2.24) is 15.6 Å². The number of aryl methyl sites for hydroxylation is 1. The second kappa shape index (κ2) is 4.30. The summed E-state index contributed by atoms with van der Waals surface area (Å²) in [5.74, 6) is -0.701. The minimum atomic E-state index is -0.833. The topological polar surface area (TPSA) is 94.3 Å². The van der Waals surface area contributed by atoms with Gasteiger partial charge >= 0.3 is 6.09 Å². The molecule has 0 aliphatic heterocycles. The Bertz CT molecular complexity index is 405. The summed E-state index contributed by atoms with van der Waals surface area (Å²) in [6.45, 7) is 6.63. The zero-order valence-corrected chi connectivity index (χ0v) is 9.53. The zero-order chi connectivity index (χ0) is 12.3. The standard InChI is InChI=1S/C9H13N3O4/c1-5-6(12-16-11-5)7(13)10-8(14)15-9(2,3)4/h1-4H3,(H,10,13,14). The van der Waals surface area contributed by atoms with E-state index in [0.717, 1.165) is 0 Å². The van der Waals surface area contributed by atoms with E-state index in [1.807, 2.05) is 5.32 Å². The fourth-order valence-corrected chi connectivity index (χ4v) is 0.893. The van der Waals surface area contributed by atoms with Crippen LogP contribution in [0.3, 0.4) is 0 Å². The largest absolute Gasteiger partial charge is 0.444 e. The van der Waals surface area contributed by atoms with Gasteiger partial charge < -0.3 is 4.74 Å². The minimum absolute atomic E-state index is 0.0362. The third kappa shape index (κ3) is 3.34. The van der Waals surface area contributed by atoms with Crippen molar-refractivity contribution in [3.05, 3.63) is 11.4 Å². The van der Waals surface area contributed by atoms with E-state index in [2.05, 4.69) is 14.9 Å². The van der Waals surface area contributed by atoms with Gasteiger partial charge in [0.15, 0.2) is 5.69 Å². The lowest BCUT2D eigenvalue weighted by Gasteiger charge is -2.18. The monoisotopic (exact) mass is 227 g/mol. The Labute approximate surface area is 92.1 Å². The van der Waals surface area contributed by atoms with Crippen molar-refractivity contribution in [3.63, 3.8) is 0 Å². The highest BCUT2D eigenvalue weighted by molar-refractivity contribution is 6.02. The maximum Gasteiger partial charge on any atom is 0.414 e. The summed E-state index contributed by atoms with van der Waals surface area (Å²) in [5.41, 5.74) is -0.395. The van der Waals surface area contributed by atoms with E-state index >= 15 is 0 Å². The molecule has 1 aromatic rings. The molecule has 0 spiro atoms. The molecular formula is C9H13N3O4. The van der Waals surface area contributed by atoms with E-state index in [1.165, 1.54) is 0 Å². The smallest absolute Gasteiger partial charge is 0.414 e. The van der Waals surface area contributed by atoms with Gasteiger partial charge in [-0.15, -0.1) is 0 Å². The lowest BCUT2D eigenvalue weighted by atomic mass is 10.2. The first-order valence-corrected chi connectivity index (χ1v) is 4.63. The van der Waals surface area contributed by atoms with Crippen LogP contribution in [0.2, 0.25) is 0 Å². The van der Waals surface area contributed by atoms with Crippen molar-refractivity contribution in [2.75, 3.05) is 0 Å². The lowest BCUT2D eigenvalue weighted by Crippen LogP contribution is -2.36. The summed E-state index contributed by atoms with van der Waals surface area (Å²) in [6, 6.07) is 0. The van der Waals surface area contributed by atoms with Gasteiger partial charge in [-0.2, -0.15) is 0 Å². The number of aromatic nitrogens is 2. The lowest BCUT2D eigenvalue weighted by molar-refractivity contribution is 0.0506. The number of hydrogen-bond donors (Lipinski definition) is 1. The Morgan fingerprint density at radius 1 is 1.31 bits per heavy atom. The molecule has 0 aliphatic rings. The predicted octanol–water partition coefficient (Wildman–Crippen LogP) is 1.04. The third-order valence-electron chi connectivity index (χ3n) is 1.48. The number of nitrogens with one attached hydrogen (secondary N) is 1. The third-order valence-corrected chi connectivity index (χ3v) is 1.48. The number of amides is 2. The van der Waals surface area contributed by atoms with Crippen molar-refractivity contribution in [3.8, 4) is 0 Å².